The summed E-state index contributed by atoms with van der Waals surface area (Å²) in [6.45, 7) is 3.82. The summed E-state index contributed by atoms with van der Waals surface area (Å²) in [7, 11) is 0. The Hall–Kier alpha value is -1.45. The molecule has 0 aliphatic heterocycles. The summed E-state index contributed by atoms with van der Waals surface area (Å²) >= 11 is 7.69. The van der Waals surface area contributed by atoms with E-state index in [1.165, 1.54) is 11.3 Å². The normalized spacial score (nSPS) is 11.0. The Bertz CT molecular complexity index is 739. The van der Waals surface area contributed by atoms with Crippen molar-refractivity contribution in [1.29, 1.82) is 0 Å². The van der Waals surface area contributed by atoms with Crippen molar-refractivity contribution >= 4 is 60.5 Å². The van der Waals surface area contributed by atoms with Crippen LogP contribution in [0.4, 0.5) is 5.13 Å². The number of halogens is 2. The smallest absolute Gasteiger partial charge is 0.350 e. The van der Waals surface area contributed by atoms with E-state index in [0.717, 1.165) is 5.56 Å². The minimum atomic E-state index is -0.383. The first-order valence-electron chi connectivity index (χ1n) is 6.54. The highest BCUT2D eigenvalue weighted by Crippen LogP contribution is 2.32. The number of aromatic nitrogens is 1. The summed E-state index contributed by atoms with van der Waals surface area (Å²) in [5, 5.41) is 14.2. The highest BCUT2D eigenvalue weighted by molar-refractivity contribution is 9.11. The molecule has 0 aliphatic rings. The van der Waals surface area contributed by atoms with Crippen molar-refractivity contribution < 1.29 is 14.6 Å². The zero-order valence-electron chi connectivity index (χ0n) is 12.3. The lowest BCUT2D eigenvalue weighted by atomic mass is 10.2. The van der Waals surface area contributed by atoms with Gasteiger partial charge in [0, 0.05) is 0 Å². The number of hydrogen-bond donors (Lipinski definition) is 2. The molecule has 0 saturated heterocycles. The zero-order valence-corrected chi connectivity index (χ0v) is 16.2. The molecule has 2 rings (SSSR count). The van der Waals surface area contributed by atoms with Gasteiger partial charge in [0.25, 0.3) is 0 Å². The molecule has 0 aliphatic carbocycles. The fraction of sp³-hybridized carbons (Fsp3) is 0.214. The molecule has 0 atom stereocenters. The van der Waals surface area contributed by atoms with E-state index in [2.05, 4.69) is 47.4 Å². The van der Waals surface area contributed by atoms with Crippen LogP contribution < -0.4 is 5.43 Å². The van der Waals surface area contributed by atoms with Gasteiger partial charge in [0.15, 0.2) is 0 Å². The molecular formula is C14H13Br2N3O3S. The maximum absolute atomic E-state index is 11.7. The van der Waals surface area contributed by atoms with Gasteiger partial charge in [-0.05, 0) is 63.4 Å². The number of nitrogens with one attached hydrogen (secondary N) is 1. The second-order valence-electron chi connectivity index (χ2n) is 4.36. The van der Waals surface area contributed by atoms with Crippen molar-refractivity contribution in [2.75, 3.05) is 12.0 Å². The summed E-state index contributed by atoms with van der Waals surface area (Å²) < 4.78 is 6.08. The van der Waals surface area contributed by atoms with Crippen LogP contribution in [0, 0.1) is 6.92 Å². The van der Waals surface area contributed by atoms with E-state index in [1.807, 2.05) is 0 Å². The van der Waals surface area contributed by atoms with Crippen molar-refractivity contribution in [3.05, 3.63) is 37.2 Å². The van der Waals surface area contributed by atoms with E-state index in [4.69, 9.17) is 4.74 Å². The summed E-state index contributed by atoms with van der Waals surface area (Å²) in [5.74, 6) is -0.254. The number of anilines is 1. The molecule has 6 nitrogen and oxygen atoms in total. The second-order valence-corrected chi connectivity index (χ2v) is 7.06. The molecule has 1 aromatic heterocycles. The zero-order chi connectivity index (χ0) is 17.0. The van der Waals surface area contributed by atoms with Gasteiger partial charge in [0.1, 0.15) is 10.6 Å². The van der Waals surface area contributed by atoms with Gasteiger partial charge in [-0.2, -0.15) is 5.10 Å². The summed E-state index contributed by atoms with van der Waals surface area (Å²) in [6.07, 6.45) is 1.58. The molecule has 0 spiro atoms. The number of rotatable bonds is 5. The maximum atomic E-state index is 11.7. The van der Waals surface area contributed by atoms with E-state index in [0.29, 0.717) is 31.3 Å². The number of ether oxygens (including phenoxy) is 1. The quantitative estimate of drug-likeness (QED) is 0.393. The largest absolute Gasteiger partial charge is 0.506 e. The SMILES string of the molecule is CCOC(=O)c1sc(NN=Cc2cc(Br)c(O)c(Br)c2)nc1C. The standard InChI is InChI=1S/C14H13Br2N3O3S/c1-3-22-13(21)12-7(2)18-14(23-12)19-17-6-8-4-9(15)11(20)10(16)5-8/h4-6,20H,3H2,1-2H3,(H,18,19). The van der Waals surface area contributed by atoms with E-state index in [-0.39, 0.29) is 11.7 Å². The van der Waals surface area contributed by atoms with Crippen molar-refractivity contribution in [3.63, 3.8) is 0 Å². The van der Waals surface area contributed by atoms with Crippen LogP contribution in [0.2, 0.25) is 0 Å². The first-order chi connectivity index (χ1) is 10.9. The maximum Gasteiger partial charge on any atom is 0.350 e. The summed E-state index contributed by atoms with van der Waals surface area (Å²) in [6, 6.07) is 3.45. The van der Waals surface area contributed by atoms with Crippen molar-refractivity contribution in [3.8, 4) is 5.75 Å². The fourth-order valence-electron chi connectivity index (χ4n) is 1.65. The van der Waals surface area contributed by atoms with E-state index < -0.39 is 0 Å². The fourth-order valence-corrected chi connectivity index (χ4v) is 3.68. The van der Waals surface area contributed by atoms with Gasteiger partial charge in [0.2, 0.25) is 5.13 Å². The number of carbonyl (C=O) groups excluding carboxylic acids is 1. The Morgan fingerprint density at radius 3 is 2.74 bits per heavy atom. The number of aryl methyl sites for hydroxylation is 1. The number of phenolic OH excluding ortho intramolecular Hbond substituents is 1. The molecule has 2 N–H and O–H groups in total. The molecule has 0 saturated carbocycles. The highest BCUT2D eigenvalue weighted by Gasteiger charge is 2.15. The highest BCUT2D eigenvalue weighted by atomic mass is 79.9. The number of carbonyl (C=O) groups is 1. The van der Waals surface area contributed by atoms with Crippen molar-refractivity contribution in [2.24, 2.45) is 5.10 Å². The number of nitrogens with zero attached hydrogens (tertiary/aromatic N) is 2. The number of hydrazone groups is 1. The van der Waals surface area contributed by atoms with Crippen LogP contribution in [0.1, 0.15) is 27.9 Å². The molecule has 0 amide bonds. The monoisotopic (exact) mass is 461 g/mol. The number of hydrogen-bond acceptors (Lipinski definition) is 7. The van der Waals surface area contributed by atoms with Gasteiger partial charge in [-0.25, -0.2) is 9.78 Å². The van der Waals surface area contributed by atoms with Crippen LogP contribution >= 0.6 is 43.2 Å². The van der Waals surface area contributed by atoms with Crippen LogP contribution in [0.15, 0.2) is 26.2 Å². The molecule has 2 aromatic rings. The van der Waals surface area contributed by atoms with E-state index >= 15 is 0 Å². The van der Waals surface area contributed by atoms with Gasteiger partial charge >= 0.3 is 5.97 Å². The molecule has 9 heteroatoms. The molecule has 1 aromatic carbocycles. The predicted molar refractivity (Wildman–Crippen MR) is 97.5 cm³/mol. The third-order valence-corrected chi connectivity index (χ3v) is 4.92. The van der Waals surface area contributed by atoms with E-state index in [1.54, 1.807) is 32.2 Å². The van der Waals surface area contributed by atoms with Gasteiger partial charge in [-0.1, -0.05) is 11.3 Å². The number of benzene rings is 1. The third kappa shape index (κ3) is 4.52. The predicted octanol–water partition coefficient (Wildman–Crippen LogP) is 4.30. The van der Waals surface area contributed by atoms with Gasteiger partial charge in [-0.3, -0.25) is 5.43 Å². The molecule has 0 radical (unpaired) electrons. The Balaban J connectivity index is 2.09. The minimum absolute atomic E-state index is 0.129. The Morgan fingerprint density at radius 1 is 1.48 bits per heavy atom. The van der Waals surface area contributed by atoms with Crippen LogP contribution in [0.25, 0.3) is 0 Å². The third-order valence-electron chi connectivity index (χ3n) is 2.67. The lowest BCUT2D eigenvalue weighted by molar-refractivity contribution is 0.0531. The molecule has 0 unspecified atom stereocenters. The van der Waals surface area contributed by atoms with Crippen LogP contribution in [0.5, 0.6) is 5.75 Å². The van der Waals surface area contributed by atoms with Crippen LogP contribution in [-0.2, 0) is 4.74 Å². The number of esters is 1. The lowest BCUT2D eigenvalue weighted by Crippen LogP contribution is -2.03. The molecule has 0 bridgehead atoms. The average Bonchev–Trinajstić information content (AvgIpc) is 2.86. The second kappa shape index (κ2) is 7.89. The molecule has 1 heterocycles. The number of thiazole rings is 1. The van der Waals surface area contributed by atoms with E-state index in [9.17, 15) is 9.90 Å². The topological polar surface area (TPSA) is 83.8 Å². The number of phenols is 1. The van der Waals surface area contributed by atoms with Gasteiger partial charge in [0.05, 0.1) is 27.5 Å². The van der Waals surface area contributed by atoms with Crippen LogP contribution in [-0.4, -0.2) is 28.9 Å². The van der Waals surface area contributed by atoms with Gasteiger partial charge < -0.3 is 9.84 Å². The first-order valence-corrected chi connectivity index (χ1v) is 8.94. The molecular weight excluding hydrogens is 450 g/mol. The summed E-state index contributed by atoms with van der Waals surface area (Å²) in [5.41, 5.74) is 4.15. The summed E-state index contributed by atoms with van der Waals surface area (Å²) in [4.78, 5) is 16.4. The Morgan fingerprint density at radius 2 is 2.13 bits per heavy atom. The first kappa shape index (κ1) is 17.9. The molecule has 0 fully saturated rings. The van der Waals surface area contributed by atoms with Crippen molar-refractivity contribution in [1.82, 2.24) is 4.98 Å². The lowest BCUT2D eigenvalue weighted by Gasteiger charge is -2.01. The van der Waals surface area contributed by atoms with Crippen molar-refractivity contribution in [2.45, 2.75) is 13.8 Å². The minimum Gasteiger partial charge on any atom is -0.506 e. The Kier molecular flexibility index (Phi) is 6.14. The molecule has 122 valence electrons. The van der Waals surface area contributed by atoms with Gasteiger partial charge in [-0.15, -0.1) is 0 Å². The average molecular weight is 463 g/mol. The Labute approximate surface area is 153 Å². The van der Waals surface area contributed by atoms with Crippen LogP contribution in [0.3, 0.4) is 0 Å². The number of aromatic hydroxyl groups is 1. The molecule has 23 heavy (non-hydrogen) atoms.